The summed E-state index contributed by atoms with van der Waals surface area (Å²) in [7, 11) is -4.09. The van der Waals surface area contributed by atoms with E-state index in [2.05, 4.69) is 4.72 Å². The van der Waals surface area contributed by atoms with Gasteiger partial charge in [-0.1, -0.05) is 30.3 Å². The van der Waals surface area contributed by atoms with Crippen molar-refractivity contribution in [3.05, 3.63) is 89.0 Å². The van der Waals surface area contributed by atoms with Gasteiger partial charge in [0.25, 0.3) is 15.7 Å². The molecule has 0 saturated heterocycles. The summed E-state index contributed by atoms with van der Waals surface area (Å²) < 4.78 is 32.9. The molecule has 8 heteroatoms. The SMILES string of the molecule is O=[N+]([O-])c1ccccc1S(=O)(=O)Nc1ccc(Oc2ccccc2)cc1. The smallest absolute Gasteiger partial charge is 0.289 e. The van der Waals surface area contributed by atoms with Crippen LogP contribution in [-0.4, -0.2) is 13.3 Å². The molecule has 0 spiro atoms. The average molecular weight is 370 g/mol. The molecule has 1 N–H and O–H groups in total. The van der Waals surface area contributed by atoms with Gasteiger partial charge < -0.3 is 4.74 Å². The first kappa shape index (κ1) is 17.4. The van der Waals surface area contributed by atoms with Gasteiger partial charge in [-0.3, -0.25) is 14.8 Å². The van der Waals surface area contributed by atoms with E-state index in [1.807, 2.05) is 18.2 Å². The summed E-state index contributed by atoms with van der Waals surface area (Å²) in [6, 6.07) is 20.5. The maximum absolute atomic E-state index is 12.5. The number of hydrogen-bond donors (Lipinski definition) is 1. The summed E-state index contributed by atoms with van der Waals surface area (Å²) in [6.07, 6.45) is 0. The van der Waals surface area contributed by atoms with Crippen LogP contribution >= 0.6 is 0 Å². The Bertz CT molecular complexity index is 1020. The number of sulfonamides is 1. The van der Waals surface area contributed by atoms with Gasteiger partial charge in [0.1, 0.15) is 11.5 Å². The molecular formula is C18H14N2O5S. The Balaban J connectivity index is 1.79. The van der Waals surface area contributed by atoms with Crippen LogP contribution < -0.4 is 9.46 Å². The van der Waals surface area contributed by atoms with Crippen molar-refractivity contribution in [1.29, 1.82) is 0 Å². The van der Waals surface area contributed by atoms with Crippen LogP contribution in [0, 0.1) is 10.1 Å². The molecule has 0 fully saturated rings. The summed E-state index contributed by atoms with van der Waals surface area (Å²) >= 11 is 0. The Morgan fingerprint density at radius 1 is 0.808 bits per heavy atom. The first-order valence-electron chi connectivity index (χ1n) is 7.55. The number of ether oxygens (including phenoxy) is 1. The summed E-state index contributed by atoms with van der Waals surface area (Å²) in [5.74, 6) is 1.19. The minimum atomic E-state index is -4.09. The van der Waals surface area contributed by atoms with Gasteiger partial charge in [-0.2, -0.15) is 0 Å². The highest BCUT2D eigenvalue weighted by molar-refractivity contribution is 7.92. The lowest BCUT2D eigenvalue weighted by Crippen LogP contribution is -2.14. The van der Waals surface area contributed by atoms with Crippen LogP contribution in [0.15, 0.2) is 83.8 Å². The van der Waals surface area contributed by atoms with Gasteiger partial charge in [0.05, 0.1) is 4.92 Å². The number of nitrogens with one attached hydrogen (secondary N) is 1. The minimum absolute atomic E-state index is 0.267. The standard InChI is InChI=1S/C18H14N2O5S/c21-20(22)17-8-4-5-9-18(17)26(23,24)19-14-10-12-16(13-11-14)25-15-6-2-1-3-7-15/h1-13,19H. The summed E-state index contributed by atoms with van der Waals surface area (Å²) in [5, 5.41) is 11.0. The molecule has 0 unspecified atom stereocenters. The van der Waals surface area contributed by atoms with Gasteiger partial charge in [-0.15, -0.1) is 0 Å². The molecule has 7 nitrogen and oxygen atoms in total. The van der Waals surface area contributed by atoms with Crippen molar-refractivity contribution < 1.29 is 18.1 Å². The molecule has 3 aromatic rings. The molecule has 3 rings (SSSR count). The van der Waals surface area contributed by atoms with Gasteiger partial charge in [-0.05, 0) is 42.5 Å². The van der Waals surface area contributed by atoms with Crippen molar-refractivity contribution in [1.82, 2.24) is 0 Å². The Hall–Kier alpha value is -3.39. The quantitative estimate of drug-likeness (QED) is 0.518. The van der Waals surface area contributed by atoms with Crippen molar-refractivity contribution in [2.24, 2.45) is 0 Å². The third-order valence-corrected chi connectivity index (χ3v) is 4.87. The van der Waals surface area contributed by atoms with Gasteiger partial charge in [0.15, 0.2) is 4.90 Å². The zero-order valence-electron chi connectivity index (χ0n) is 13.4. The highest BCUT2D eigenvalue weighted by atomic mass is 32.2. The van der Waals surface area contributed by atoms with Gasteiger partial charge >= 0.3 is 0 Å². The summed E-state index contributed by atoms with van der Waals surface area (Å²) in [4.78, 5) is 9.91. The van der Waals surface area contributed by atoms with Crippen molar-refractivity contribution in [3.63, 3.8) is 0 Å². The van der Waals surface area contributed by atoms with E-state index in [4.69, 9.17) is 4.74 Å². The normalized spacial score (nSPS) is 10.9. The van der Waals surface area contributed by atoms with Gasteiger partial charge in [-0.25, -0.2) is 8.42 Å². The van der Waals surface area contributed by atoms with E-state index in [0.717, 1.165) is 6.07 Å². The van der Waals surface area contributed by atoms with Crippen molar-refractivity contribution in [3.8, 4) is 11.5 Å². The molecule has 0 amide bonds. The van der Waals surface area contributed by atoms with E-state index in [1.165, 1.54) is 30.3 Å². The number of nitro groups is 1. The Morgan fingerprint density at radius 3 is 2.04 bits per heavy atom. The monoisotopic (exact) mass is 370 g/mol. The second-order valence-electron chi connectivity index (χ2n) is 5.27. The van der Waals surface area contributed by atoms with E-state index < -0.39 is 25.5 Å². The second-order valence-corrected chi connectivity index (χ2v) is 6.92. The third kappa shape index (κ3) is 3.98. The molecule has 0 aromatic heterocycles. The molecule has 26 heavy (non-hydrogen) atoms. The highest BCUT2D eigenvalue weighted by Gasteiger charge is 2.25. The fraction of sp³-hybridized carbons (Fsp3) is 0. The van der Waals surface area contributed by atoms with Crippen LogP contribution in [0.25, 0.3) is 0 Å². The van der Waals surface area contributed by atoms with Gasteiger partial charge in [0.2, 0.25) is 0 Å². The number of anilines is 1. The third-order valence-electron chi connectivity index (χ3n) is 3.44. The lowest BCUT2D eigenvalue weighted by atomic mass is 10.3. The van der Waals surface area contributed by atoms with Crippen molar-refractivity contribution in [2.75, 3.05) is 4.72 Å². The lowest BCUT2D eigenvalue weighted by Gasteiger charge is -2.10. The van der Waals surface area contributed by atoms with Crippen LogP contribution in [0.5, 0.6) is 11.5 Å². The number of benzene rings is 3. The number of nitro benzene ring substituents is 1. The molecule has 0 bridgehead atoms. The number of nitrogens with zero attached hydrogens (tertiary/aromatic N) is 1. The van der Waals surface area contributed by atoms with Crippen LogP contribution in [0.3, 0.4) is 0 Å². The Labute approximate surface area is 150 Å². The average Bonchev–Trinajstić information content (AvgIpc) is 2.64. The number of hydrogen-bond acceptors (Lipinski definition) is 5. The molecule has 0 aliphatic heterocycles. The zero-order chi connectivity index (χ0) is 18.6. The van der Waals surface area contributed by atoms with Crippen LogP contribution in [-0.2, 0) is 10.0 Å². The Kier molecular flexibility index (Phi) is 4.85. The molecule has 0 heterocycles. The second kappa shape index (κ2) is 7.24. The molecule has 3 aromatic carbocycles. The Morgan fingerprint density at radius 2 is 1.38 bits per heavy atom. The number of rotatable bonds is 6. The maximum Gasteiger partial charge on any atom is 0.289 e. The summed E-state index contributed by atoms with van der Waals surface area (Å²) in [5.41, 5.74) is -0.215. The molecule has 0 radical (unpaired) electrons. The molecule has 132 valence electrons. The predicted octanol–water partition coefficient (Wildman–Crippen LogP) is 4.19. The van der Waals surface area contributed by atoms with E-state index in [0.29, 0.717) is 11.5 Å². The van der Waals surface area contributed by atoms with Crippen LogP contribution in [0.1, 0.15) is 0 Å². The van der Waals surface area contributed by atoms with E-state index >= 15 is 0 Å². The molecule has 0 aliphatic carbocycles. The minimum Gasteiger partial charge on any atom is -0.457 e. The van der Waals surface area contributed by atoms with E-state index in [1.54, 1.807) is 24.3 Å². The first-order valence-corrected chi connectivity index (χ1v) is 9.03. The maximum atomic E-state index is 12.5. The lowest BCUT2D eigenvalue weighted by molar-refractivity contribution is -0.387. The first-order chi connectivity index (χ1) is 12.5. The summed E-state index contributed by atoms with van der Waals surface area (Å²) in [6.45, 7) is 0. The predicted molar refractivity (Wildman–Crippen MR) is 96.9 cm³/mol. The van der Waals surface area contributed by atoms with Crippen molar-refractivity contribution in [2.45, 2.75) is 4.90 Å². The topological polar surface area (TPSA) is 98.5 Å². The van der Waals surface area contributed by atoms with Crippen LogP contribution in [0.4, 0.5) is 11.4 Å². The van der Waals surface area contributed by atoms with E-state index in [-0.39, 0.29) is 5.69 Å². The van der Waals surface area contributed by atoms with Gasteiger partial charge in [0, 0.05) is 11.8 Å². The van der Waals surface area contributed by atoms with Crippen molar-refractivity contribution >= 4 is 21.4 Å². The molecular weight excluding hydrogens is 356 g/mol. The largest absolute Gasteiger partial charge is 0.457 e. The molecule has 0 saturated carbocycles. The molecule has 0 aliphatic rings. The van der Waals surface area contributed by atoms with E-state index in [9.17, 15) is 18.5 Å². The number of para-hydroxylation sites is 2. The fourth-order valence-corrected chi connectivity index (χ4v) is 3.49. The zero-order valence-corrected chi connectivity index (χ0v) is 14.2. The van der Waals surface area contributed by atoms with Crippen LogP contribution in [0.2, 0.25) is 0 Å². The highest BCUT2D eigenvalue weighted by Crippen LogP contribution is 2.27. The molecule has 0 atom stereocenters. The fourth-order valence-electron chi connectivity index (χ4n) is 2.26.